The van der Waals surface area contributed by atoms with Gasteiger partial charge in [-0.05, 0) is 18.2 Å². The first-order valence-electron chi connectivity index (χ1n) is 3.48. The smallest absolute Gasteiger partial charge is 0.173 e. The SMILES string of the molecule is N#Cc1ccc(C(=O)CBr)cc1F. The number of carbonyl (C=O) groups is 1. The van der Waals surface area contributed by atoms with Crippen molar-refractivity contribution >= 4 is 21.7 Å². The van der Waals surface area contributed by atoms with Crippen LogP contribution in [0.4, 0.5) is 4.39 Å². The molecular weight excluding hydrogens is 237 g/mol. The van der Waals surface area contributed by atoms with Crippen molar-refractivity contribution in [2.24, 2.45) is 0 Å². The Morgan fingerprint density at radius 3 is 2.77 bits per heavy atom. The van der Waals surface area contributed by atoms with Crippen molar-refractivity contribution in [2.75, 3.05) is 5.33 Å². The normalized spacial score (nSPS) is 9.31. The highest BCUT2D eigenvalue weighted by atomic mass is 79.9. The van der Waals surface area contributed by atoms with Gasteiger partial charge in [0.2, 0.25) is 0 Å². The zero-order valence-corrected chi connectivity index (χ0v) is 8.14. The number of hydrogen-bond acceptors (Lipinski definition) is 2. The summed E-state index contributed by atoms with van der Waals surface area (Å²) in [5, 5.41) is 8.57. The summed E-state index contributed by atoms with van der Waals surface area (Å²) in [5.41, 5.74) is 0.222. The van der Waals surface area contributed by atoms with Crippen molar-refractivity contribution in [2.45, 2.75) is 0 Å². The van der Waals surface area contributed by atoms with E-state index in [2.05, 4.69) is 15.9 Å². The Bertz CT molecular complexity index is 384. The molecule has 2 nitrogen and oxygen atoms in total. The van der Waals surface area contributed by atoms with E-state index in [-0.39, 0.29) is 22.2 Å². The molecule has 0 unspecified atom stereocenters. The van der Waals surface area contributed by atoms with E-state index in [1.165, 1.54) is 12.1 Å². The number of nitrogens with zero attached hydrogens (tertiary/aromatic N) is 1. The minimum atomic E-state index is -0.658. The van der Waals surface area contributed by atoms with Crippen LogP contribution in [-0.2, 0) is 0 Å². The van der Waals surface area contributed by atoms with Gasteiger partial charge in [-0.25, -0.2) is 4.39 Å². The number of alkyl halides is 1. The van der Waals surface area contributed by atoms with E-state index in [9.17, 15) is 9.18 Å². The summed E-state index contributed by atoms with van der Waals surface area (Å²) >= 11 is 2.97. The molecule has 0 aliphatic heterocycles. The van der Waals surface area contributed by atoms with E-state index >= 15 is 0 Å². The third kappa shape index (κ3) is 2.13. The van der Waals surface area contributed by atoms with E-state index in [0.717, 1.165) is 6.07 Å². The fraction of sp³-hybridized carbons (Fsp3) is 0.111. The van der Waals surface area contributed by atoms with Crippen molar-refractivity contribution in [3.05, 3.63) is 35.1 Å². The largest absolute Gasteiger partial charge is 0.293 e. The molecule has 0 radical (unpaired) electrons. The van der Waals surface area contributed by atoms with Gasteiger partial charge in [-0.15, -0.1) is 0 Å². The lowest BCUT2D eigenvalue weighted by Gasteiger charge is -1.97. The zero-order valence-electron chi connectivity index (χ0n) is 6.55. The Kier molecular flexibility index (Phi) is 3.15. The second-order valence-electron chi connectivity index (χ2n) is 2.36. The molecule has 1 rings (SSSR count). The van der Waals surface area contributed by atoms with Crippen LogP contribution in [0.2, 0.25) is 0 Å². The highest BCUT2D eigenvalue weighted by molar-refractivity contribution is 9.09. The first kappa shape index (κ1) is 9.87. The number of benzene rings is 1. The zero-order chi connectivity index (χ0) is 9.84. The lowest BCUT2D eigenvalue weighted by molar-refractivity contribution is 0.102. The highest BCUT2D eigenvalue weighted by Gasteiger charge is 2.07. The van der Waals surface area contributed by atoms with Gasteiger partial charge >= 0.3 is 0 Å². The van der Waals surface area contributed by atoms with Crippen molar-refractivity contribution in [3.8, 4) is 6.07 Å². The van der Waals surface area contributed by atoms with Gasteiger partial charge in [0.25, 0.3) is 0 Å². The highest BCUT2D eigenvalue weighted by Crippen LogP contribution is 2.10. The van der Waals surface area contributed by atoms with Crippen molar-refractivity contribution in [1.29, 1.82) is 5.26 Å². The van der Waals surface area contributed by atoms with Gasteiger partial charge in [0.15, 0.2) is 5.78 Å². The monoisotopic (exact) mass is 241 g/mol. The molecule has 66 valence electrons. The minimum absolute atomic E-state index is 0.0499. The Labute approximate surface area is 83.1 Å². The topological polar surface area (TPSA) is 40.9 Å². The molecule has 0 heterocycles. The molecule has 13 heavy (non-hydrogen) atoms. The van der Waals surface area contributed by atoms with Crippen LogP contribution in [0, 0.1) is 17.1 Å². The summed E-state index contributed by atoms with van der Waals surface area (Å²) in [7, 11) is 0. The summed E-state index contributed by atoms with van der Waals surface area (Å²) in [6.07, 6.45) is 0. The molecule has 0 aliphatic rings. The van der Waals surface area contributed by atoms with Crippen LogP contribution in [0.5, 0.6) is 0 Å². The number of rotatable bonds is 2. The second-order valence-corrected chi connectivity index (χ2v) is 2.92. The standard InChI is InChI=1S/C9H5BrFNO/c10-4-9(13)6-1-2-7(5-12)8(11)3-6/h1-3H,4H2. The molecule has 0 N–H and O–H groups in total. The van der Waals surface area contributed by atoms with Crippen LogP contribution in [-0.4, -0.2) is 11.1 Å². The van der Waals surface area contributed by atoms with Gasteiger partial charge in [0, 0.05) is 5.56 Å². The lowest BCUT2D eigenvalue weighted by atomic mass is 10.1. The van der Waals surface area contributed by atoms with Crippen LogP contribution < -0.4 is 0 Å². The molecule has 0 amide bonds. The van der Waals surface area contributed by atoms with E-state index in [4.69, 9.17) is 5.26 Å². The molecule has 1 aromatic carbocycles. The Hall–Kier alpha value is -1.21. The maximum atomic E-state index is 13.0. The number of Topliss-reactive ketones (excluding diaryl/α,β-unsaturated/α-hetero) is 1. The van der Waals surface area contributed by atoms with Crippen LogP contribution >= 0.6 is 15.9 Å². The van der Waals surface area contributed by atoms with Crippen molar-refractivity contribution < 1.29 is 9.18 Å². The number of hydrogen-bond donors (Lipinski definition) is 0. The fourth-order valence-electron chi connectivity index (χ4n) is 0.856. The van der Waals surface area contributed by atoms with Gasteiger partial charge in [-0.2, -0.15) is 5.26 Å². The Morgan fingerprint density at radius 2 is 2.31 bits per heavy atom. The first-order chi connectivity index (χ1) is 6.19. The van der Waals surface area contributed by atoms with Gasteiger partial charge in [0.05, 0.1) is 10.9 Å². The molecule has 0 saturated heterocycles. The fourth-order valence-corrected chi connectivity index (χ4v) is 1.18. The average molecular weight is 242 g/mol. The number of carbonyl (C=O) groups excluding carboxylic acids is 1. The van der Waals surface area contributed by atoms with Crippen LogP contribution in [0.15, 0.2) is 18.2 Å². The van der Waals surface area contributed by atoms with Crippen molar-refractivity contribution in [3.63, 3.8) is 0 Å². The van der Waals surface area contributed by atoms with Gasteiger partial charge in [-0.3, -0.25) is 4.79 Å². The van der Waals surface area contributed by atoms with Gasteiger partial charge in [0.1, 0.15) is 11.9 Å². The van der Waals surface area contributed by atoms with Crippen LogP contribution in [0.1, 0.15) is 15.9 Å². The summed E-state index contributed by atoms with van der Waals surface area (Å²) in [6.45, 7) is 0. The van der Waals surface area contributed by atoms with Gasteiger partial charge < -0.3 is 0 Å². The predicted octanol–water partition coefficient (Wildman–Crippen LogP) is 2.27. The Balaban J connectivity index is 3.11. The molecule has 0 spiro atoms. The van der Waals surface area contributed by atoms with Crippen LogP contribution in [0.3, 0.4) is 0 Å². The maximum absolute atomic E-state index is 13.0. The number of nitriles is 1. The third-order valence-corrected chi connectivity index (χ3v) is 2.04. The molecule has 0 fully saturated rings. The van der Waals surface area contributed by atoms with Crippen molar-refractivity contribution in [1.82, 2.24) is 0 Å². The molecule has 1 aromatic rings. The summed E-state index contributed by atoms with van der Waals surface area (Å²) < 4.78 is 13.0. The van der Waals surface area contributed by atoms with E-state index in [0.29, 0.717) is 0 Å². The molecule has 0 aliphatic carbocycles. The molecule has 4 heteroatoms. The lowest BCUT2D eigenvalue weighted by Crippen LogP contribution is -2.00. The second kappa shape index (κ2) is 4.15. The first-order valence-corrected chi connectivity index (χ1v) is 4.60. The maximum Gasteiger partial charge on any atom is 0.173 e. The number of ketones is 1. The van der Waals surface area contributed by atoms with Crippen LogP contribution in [0.25, 0.3) is 0 Å². The number of halogens is 2. The van der Waals surface area contributed by atoms with E-state index in [1.807, 2.05) is 0 Å². The quantitative estimate of drug-likeness (QED) is 0.589. The third-order valence-electron chi connectivity index (χ3n) is 1.53. The molecular formula is C9H5BrFNO. The summed E-state index contributed by atoms with van der Waals surface area (Å²) in [6, 6.07) is 5.49. The molecule has 0 atom stereocenters. The summed E-state index contributed by atoms with van der Waals surface area (Å²) in [5.74, 6) is -0.863. The Morgan fingerprint density at radius 1 is 1.62 bits per heavy atom. The van der Waals surface area contributed by atoms with E-state index in [1.54, 1.807) is 6.07 Å². The summed E-state index contributed by atoms with van der Waals surface area (Å²) in [4.78, 5) is 11.1. The minimum Gasteiger partial charge on any atom is -0.293 e. The predicted molar refractivity (Wildman–Crippen MR) is 49.2 cm³/mol. The molecule has 0 saturated carbocycles. The molecule has 0 aromatic heterocycles. The van der Waals surface area contributed by atoms with Gasteiger partial charge in [-0.1, -0.05) is 15.9 Å². The average Bonchev–Trinajstić information content (AvgIpc) is 2.16. The van der Waals surface area contributed by atoms with E-state index < -0.39 is 5.82 Å². The molecule has 0 bridgehead atoms.